The minimum Gasteiger partial charge on any atom is -0.465 e. The quantitative estimate of drug-likeness (QED) is 0.693. The Kier molecular flexibility index (Phi) is 4.19. The fourth-order valence-corrected chi connectivity index (χ4v) is 2.37. The smallest absolute Gasteiger partial charge is 0.338 e. The molecule has 0 amide bonds. The van der Waals surface area contributed by atoms with Crippen molar-refractivity contribution in [1.29, 1.82) is 0 Å². The molecular weight excluding hydrogens is 295 g/mol. The molecular formula is C18H15FN2O2. The summed E-state index contributed by atoms with van der Waals surface area (Å²) in [7, 11) is 1.28. The van der Waals surface area contributed by atoms with Crippen LogP contribution in [0.25, 0.3) is 11.3 Å². The lowest BCUT2D eigenvalue weighted by Gasteiger charge is -2.08. The number of aromatic nitrogens is 2. The van der Waals surface area contributed by atoms with Gasteiger partial charge in [-0.3, -0.25) is 4.68 Å². The first kappa shape index (κ1) is 15.0. The summed E-state index contributed by atoms with van der Waals surface area (Å²) >= 11 is 0. The summed E-state index contributed by atoms with van der Waals surface area (Å²) < 4.78 is 19.8. The molecule has 116 valence electrons. The van der Waals surface area contributed by atoms with Gasteiger partial charge in [-0.15, -0.1) is 0 Å². The van der Waals surface area contributed by atoms with Crippen molar-refractivity contribution in [1.82, 2.24) is 9.78 Å². The van der Waals surface area contributed by atoms with Crippen molar-refractivity contribution < 1.29 is 13.9 Å². The Bertz CT molecular complexity index is 828. The van der Waals surface area contributed by atoms with Gasteiger partial charge in [-0.05, 0) is 23.8 Å². The van der Waals surface area contributed by atoms with Crippen LogP contribution in [0.4, 0.5) is 4.39 Å². The summed E-state index contributed by atoms with van der Waals surface area (Å²) in [6.45, 7) is 0.359. The van der Waals surface area contributed by atoms with Crippen molar-refractivity contribution in [3.8, 4) is 11.3 Å². The summed E-state index contributed by atoms with van der Waals surface area (Å²) in [4.78, 5) is 11.8. The number of carbonyl (C=O) groups excluding carboxylic acids is 1. The van der Waals surface area contributed by atoms with Crippen LogP contribution in [-0.4, -0.2) is 22.9 Å². The van der Waals surface area contributed by atoms with Crippen LogP contribution in [-0.2, 0) is 11.3 Å². The van der Waals surface area contributed by atoms with E-state index in [1.807, 2.05) is 42.6 Å². The zero-order valence-corrected chi connectivity index (χ0v) is 12.6. The van der Waals surface area contributed by atoms with Gasteiger partial charge in [0.1, 0.15) is 5.82 Å². The Hall–Kier alpha value is -2.95. The van der Waals surface area contributed by atoms with Crippen LogP contribution in [0.15, 0.2) is 60.8 Å². The lowest BCUT2D eigenvalue weighted by atomic mass is 10.1. The fourth-order valence-electron chi connectivity index (χ4n) is 2.37. The Morgan fingerprint density at radius 2 is 1.96 bits per heavy atom. The van der Waals surface area contributed by atoms with Crippen molar-refractivity contribution in [2.45, 2.75) is 6.54 Å². The fraction of sp³-hybridized carbons (Fsp3) is 0.111. The molecule has 3 aromatic rings. The molecule has 1 heterocycles. The van der Waals surface area contributed by atoms with Crippen molar-refractivity contribution in [2.24, 2.45) is 0 Å². The number of hydrogen-bond acceptors (Lipinski definition) is 3. The third-order valence-corrected chi connectivity index (χ3v) is 3.52. The molecule has 5 heteroatoms. The molecule has 1 aromatic heterocycles. The predicted molar refractivity (Wildman–Crippen MR) is 84.5 cm³/mol. The topological polar surface area (TPSA) is 44.1 Å². The number of ether oxygens (including phenoxy) is 1. The molecule has 0 aliphatic heterocycles. The standard InChI is InChI=1S/C18H15FN2O2/c1-23-18(22)16-11-15(19)8-7-14(16)12-21-10-9-17(20-21)13-5-3-2-4-6-13/h2-11H,12H2,1H3. The zero-order valence-electron chi connectivity index (χ0n) is 12.6. The van der Waals surface area contributed by atoms with Crippen LogP contribution in [0.5, 0.6) is 0 Å². The van der Waals surface area contributed by atoms with E-state index in [2.05, 4.69) is 5.10 Å². The molecule has 2 aromatic carbocycles. The van der Waals surface area contributed by atoms with E-state index in [1.165, 1.54) is 19.2 Å². The van der Waals surface area contributed by atoms with E-state index in [1.54, 1.807) is 10.7 Å². The minimum atomic E-state index is -0.560. The first-order chi connectivity index (χ1) is 11.2. The maximum atomic E-state index is 13.4. The Morgan fingerprint density at radius 1 is 1.17 bits per heavy atom. The maximum Gasteiger partial charge on any atom is 0.338 e. The van der Waals surface area contributed by atoms with Crippen LogP contribution >= 0.6 is 0 Å². The number of methoxy groups -OCH3 is 1. The molecule has 0 aliphatic carbocycles. The summed E-state index contributed by atoms with van der Waals surface area (Å²) in [5.41, 5.74) is 2.72. The van der Waals surface area contributed by atoms with Gasteiger partial charge in [0.15, 0.2) is 0 Å². The zero-order chi connectivity index (χ0) is 16.2. The van der Waals surface area contributed by atoms with Crippen LogP contribution in [0.3, 0.4) is 0 Å². The average molecular weight is 310 g/mol. The molecule has 0 saturated heterocycles. The van der Waals surface area contributed by atoms with Gasteiger partial charge in [0, 0.05) is 11.8 Å². The van der Waals surface area contributed by atoms with E-state index in [4.69, 9.17) is 4.74 Å². The van der Waals surface area contributed by atoms with Gasteiger partial charge in [-0.2, -0.15) is 5.10 Å². The number of nitrogens with zero attached hydrogens (tertiary/aromatic N) is 2. The molecule has 0 unspecified atom stereocenters. The first-order valence-electron chi connectivity index (χ1n) is 7.13. The van der Waals surface area contributed by atoms with Crippen molar-refractivity contribution in [3.05, 3.63) is 77.7 Å². The summed E-state index contributed by atoms with van der Waals surface area (Å²) in [5, 5.41) is 4.50. The monoisotopic (exact) mass is 310 g/mol. The van der Waals surface area contributed by atoms with E-state index in [0.29, 0.717) is 12.1 Å². The summed E-state index contributed by atoms with van der Waals surface area (Å²) in [5.74, 6) is -1.03. The Balaban J connectivity index is 1.89. The van der Waals surface area contributed by atoms with Gasteiger partial charge < -0.3 is 4.74 Å². The molecule has 0 spiro atoms. The molecule has 0 radical (unpaired) electrons. The van der Waals surface area contributed by atoms with Gasteiger partial charge in [0.2, 0.25) is 0 Å². The summed E-state index contributed by atoms with van der Waals surface area (Å²) in [6, 6.07) is 15.8. The number of halogens is 1. The molecule has 23 heavy (non-hydrogen) atoms. The van der Waals surface area contributed by atoms with Crippen molar-refractivity contribution >= 4 is 5.97 Å². The molecule has 0 bridgehead atoms. The maximum absolute atomic E-state index is 13.4. The van der Waals surface area contributed by atoms with E-state index in [-0.39, 0.29) is 5.56 Å². The highest BCUT2D eigenvalue weighted by Crippen LogP contribution is 2.18. The Morgan fingerprint density at radius 3 is 2.70 bits per heavy atom. The van der Waals surface area contributed by atoms with Crippen LogP contribution < -0.4 is 0 Å². The first-order valence-corrected chi connectivity index (χ1v) is 7.13. The van der Waals surface area contributed by atoms with E-state index < -0.39 is 11.8 Å². The van der Waals surface area contributed by atoms with Gasteiger partial charge in [-0.1, -0.05) is 36.4 Å². The summed E-state index contributed by atoms with van der Waals surface area (Å²) in [6.07, 6.45) is 1.83. The van der Waals surface area contributed by atoms with Gasteiger partial charge in [0.05, 0.1) is 24.9 Å². The van der Waals surface area contributed by atoms with Crippen LogP contribution in [0.2, 0.25) is 0 Å². The van der Waals surface area contributed by atoms with Gasteiger partial charge in [-0.25, -0.2) is 9.18 Å². The lowest BCUT2D eigenvalue weighted by molar-refractivity contribution is 0.0598. The highest BCUT2D eigenvalue weighted by Gasteiger charge is 2.14. The molecule has 4 nitrogen and oxygen atoms in total. The van der Waals surface area contributed by atoms with Gasteiger partial charge >= 0.3 is 5.97 Å². The predicted octanol–water partition coefficient (Wildman–Crippen LogP) is 3.52. The van der Waals surface area contributed by atoms with Crippen molar-refractivity contribution in [3.63, 3.8) is 0 Å². The minimum absolute atomic E-state index is 0.212. The van der Waals surface area contributed by atoms with Crippen molar-refractivity contribution in [2.75, 3.05) is 7.11 Å². The molecule has 0 fully saturated rings. The SMILES string of the molecule is COC(=O)c1cc(F)ccc1Cn1ccc(-c2ccccc2)n1. The van der Waals surface area contributed by atoms with Crippen LogP contribution in [0.1, 0.15) is 15.9 Å². The average Bonchev–Trinajstić information content (AvgIpc) is 3.05. The number of carbonyl (C=O) groups is 1. The molecule has 0 saturated carbocycles. The largest absolute Gasteiger partial charge is 0.465 e. The molecule has 0 aliphatic rings. The van der Waals surface area contributed by atoms with E-state index in [9.17, 15) is 9.18 Å². The number of rotatable bonds is 4. The van der Waals surface area contributed by atoms with Crippen LogP contribution in [0, 0.1) is 5.82 Å². The number of benzene rings is 2. The second-order valence-electron chi connectivity index (χ2n) is 5.06. The second kappa shape index (κ2) is 6.44. The van der Waals surface area contributed by atoms with Gasteiger partial charge in [0.25, 0.3) is 0 Å². The Labute approximate surface area is 133 Å². The third kappa shape index (κ3) is 3.29. The number of esters is 1. The van der Waals surface area contributed by atoms with E-state index in [0.717, 1.165) is 11.3 Å². The normalized spacial score (nSPS) is 10.5. The third-order valence-electron chi connectivity index (χ3n) is 3.52. The highest BCUT2D eigenvalue weighted by molar-refractivity contribution is 5.91. The lowest BCUT2D eigenvalue weighted by Crippen LogP contribution is -2.10. The second-order valence-corrected chi connectivity index (χ2v) is 5.06. The number of hydrogen-bond donors (Lipinski definition) is 0. The molecule has 0 atom stereocenters. The molecule has 3 rings (SSSR count). The highest BCUT2D eigenvalue weighted by atomic mass is 19.1. The van der Waals surface area contributed by atoms with E-state index >= 15 is 0 Å². The molecule has 0 N–H and O–H groups in total.